The molecule has 0 bridgehead atoms. The third kappa shape index (κ3) is 3.65. The van der Waals surface area contributed by atoms with Gasteiger partial charge in [-0.2, -0.15) is 5.10 Å². The smallest absolute Gasteiger partial charge is 0.266 e. The highest BCUT2D eigenvalue weighted by Crippen LogP contribution is 2.14. The summed E-state index contributed by atoms with van der Waals surface area (Å²) in [7, 11) is -4.00. The first-order chi connectivity index (χ1) is 12.3. The maximum absolute atomic E-state index is 13.0. The second-order valence-electron chi connectivity index (χ2n) is 5.81. The molecule has 3 rings (SSSR count). The molecule has 0 radical (unpaired) electrons. The fourth-order valence-corrected chi connectivity index (χ4v) is 3.34. The number of rotatable bonds is 4. The summed E-state index contributed by atoms with van der Waals surface area (Å²) in [5.41, 5.74) is 2.02. The van der Waals surface area contributed by atoms with Crippen LogP contribution in [-0.4, -0.2) is 24.1 Å². The molecule has 1 N–H and O–H groups in total. The van der Waals surface area contributed by atoms with Crippen molar-refractivity contribution in [3.63, 3.8) is 0 Å². The second kappa shape index (κ2) is 6.72. The Hall–Kier alpha value is -3.00. The van der Waals surface area contributed by atoms with E-state index in [1.165, 1.54) is 47.1 Å². The fourth-order valence-electron chi connectivity index (χ4n) is 2.38. The molecule has 1 aromatic heterocycles. The number of aromatic nitrogens is 2. The Balaban J connectivity index is 1.85. The van der Waals surface area contributed by atoms with E-state index in [-0.39, 0.29) is 16.4 Å². The molecule has 0 aliphatic heterocycles. The molecule has 6 nitrogen and oxygen atoms in total. The molecule has 0 saturated heterocycles. The van der Waals surface area contributed by atoms with Crippen LogP contribution in [-0.2, 0) is 10.0 Å². The van der Waals surface area contributed by atoms with E-state index in [4.69, 9.17) is 0 Å². The van der Waals surface area contributed by atoms with Gasteiger partial charge in [0, 0.05) is 5.69 Å². The van der Waals surface area contributed by atoms with Crippen LogP contribution in [0, 0.1) is 19.7 Å². The molecule has 0 saturated carbocycles. The number of nitrogens with one attached hydrogen (secondary N) is 1. The molecule has 0 spiro atoms. The lowest BCUT2D eigenvalue weighted by atomic mass is 10.2. The van der Waals surface area contributed by atoms with Crippen LogP contribution in [0.5, 0.6) is 0 Å². The van der Waals surface area contributed by atoms with Crippen LogP contribution in [0.1, 0.15) is 21.7 Å². The monoisotopic (exact) mass is 373 g/mol. The van der Waals surface area contributed by atoms with Gasteiger partial charge in [-0.3, -0.25) is 4.79 Å². The normalized spacial score (nSPS) is 11.3. The lowest BCUT2D eigenvalue weighted by molar-refractivity contribution is 0.0976. The average Bonchev–Trinajstić information content (AvgIpc) is 2.98. The molecule has 0 aliphatic rings. The first-order valence-corrected chi connectivity index (χ1v) is 9.21. The van der Waals surface area contributed by atoms with Crippen molar-refractivity contribution in [2.24, 2.45) is 0 Å². The van der Waals surface area contributed by atoms with Crippen molar-refractivity contribution in [3.05, 3.63) is 77.4 Å². The van der Waals surface area contributed by atoms with Gasteiger partial charge in [0.1, 0.15) is 5.82 Å². The average molecular weight is 373 g/mol. The second-order valence-corrected chi connectivity index (χ2v) is 7.49. The van der Waals surface area contributed by atoms with Crippen LogP contribution in [0.15, 0.2) is 59.5 Å². The molecule has 0 atom stereocenters. The van der Waals surface area contributed by atoms with Crippen LogP contribution in [0.25, 0.3) is 5.69 Å². The highest BCUT2D eigenvalue weighted by atomic mass is 32.2. The molecular formula is C18H16FN3O3S. The Morgan fingerprint density at radius 1 is 1.04 bits per heavy atom. The minimum atomic E-state index is -4.00. The molecule has 0 unspecified atom stereocenters. The van der Waals surface area contributed by atoms with Crippen molar-refractivity contribution in [1.29, 1.82) is 0 Å². The van der Waals surface area contributed by atoms with E-state index in [1.807, 2.05) is 11.6 Å². The number of carbonyl (C=O) groups is 1. The van der Waals surface area contributed by atoms with E-state index >= 15 is 0 Å². The third-order valence-electron chi connectivity index (χ3n) is 3.75. The van der Waals surface area contributed by atoms with Crippen molar-refractivity contribution in [3.8, 4) is 5.69 Å². The number of aryl methyl sites for hydroxylation is 2. The van der Waals surface area contributed by atoms with Crippen LogP contribution >= 0.6 is 0 Å². The van der Waals surface area contributed by atoms with Crippen molar-refractivity contribution in [1.82, 2.24) is 14.5 Å². The first kappa shape index (κ1) is 17.8. The van der Waals surface area contributed by atoms with Gasteiger partial charge in [0.05, 0.1) is 10.6 Å². The van der Waals surface area contributed by atoms with Gasteiger partial charge in [-0.15, -0.1) is 0 Å². The highest BCUT2D eigenvalue weighted by molar-refractivity contribution is 7.90. The third-order valence-corrected chi connectivity index (χ3v) is 5.10. The minimum Gasteiger partial charge on any atom is -0.266 e. The van der Waals surface area contributed by atoms with E-state index in [9.17, 15) is 17.6 Å². The zero-order chi connectivity index (χ0) is 18.9. The lowest BCUT2D eigenvalue weighted by Crippen LogP contribution is -2.31. The van der Waals surface area contributed by atoms with Crippen LogP contribution in [0.4, 0.5) is 4.39 Å². The number of halogens is 1. The van der Waals surface area contributed by atoms with Gasteiger partial charge < -0.3 is 0 Å². The van der Waals surface area contributed by atoms with E-state index < -0.39 is 15.9 Å². The maximum atomic E-state index is 13.0. The van der Waals surface area contributed by atoms with Crippen molar-refractivity contribution in [2.45, 2.75) is 18.7 Å². The SMILES string of the molecule is Cc1ccc(S(=O)(=O)NC(=O)c2cc(C)n(-c3ccc(F)cc3)n2)cc1. The molecule has 0 aliphatic carbocycles. The zero-order valence-corrected chi connectivity index (χ0v) is 14.9. The van der Waals surface area contributed by atoms with Crippen molar-refractivity contribution < 1.29 is 17.6 Å². The van der Waals surface area contributed by atoms with E-state index in [0.717, 1.165) is 5.56 Å². The number of nitrogens with zero attached hydrogens (tertiary/aromatic N) is 2. The molecule has 1 amide bonds. The van der Waals surface area contributed by atoms with E-state index in [0.29, 0.717) is 11.4 Å². The van der Waals surface area contributed by atoms with Crippen LogP contribution in [0.2, 0.25) is 0 Å². The minimum absolute atomic E-state index is 0.00820. The lowest BCUT2D eigenvalue weighted by Gasteiger charge is -2.06. The molecule has 8 heteroatoms. The number of carbonyl (C=O) groups excluding carboxylic acids is 1. The molecule has 1 heterocycles. The quantitative estimate of drug-likeness (QED) is 0.762. The Kier molecular flexibility index (Phi) is 4.60. The number of hydrogen-bond acceptors (Lipinski definition) is 4. The molecule has 2 aromatic carbocycles. The van der Waals surface area contributed by atoms with E-state index in [2.05, 4.69) is 5.10 Å². The molecular weight excluding hydrogens is 357 g/mol. The summed E-state index contributed by atoms with van der Waals surface area (Å²) >= 11 is 0. The first-order valence-electron chi connectivity index (χ1n) is 7.73. The van der Waals surface area contributed by atoms with Crippen LogP contribution in [0.3, 0.4) is 0 Å². The van der Waals surface area contributed by atoms with Gasteiger partial charge >= 0.3 is 0 Å². The van der Waals surface area contributed by atoms with Gasteiger partial charge in [-0.25, -0.2) is 22.2 Å². The summed E-state index contributed by atoms with van der Waals surface area (Å²) in [4.78, 5) is 12.3. The summed E-state index contributed by atoms with van der Waals surface area (Å²) < 4.78 is 41.1. The maximum Gasteiger partial charge on any atom is 0.285 e. The summed E-state index contributed by atoms with van der Waals surface area (Å²) in [5, 5.41) is 4.12. The van der Waals surface area contributed by atoms with Gasteiger partial charge in [0.2, 0.25) is 0 Å². The summed E-state index contributed by atoms with van der Waals surface area (Å²) in [6.45, 7) is 3.54. The topological polar surface area (TPSA) is 81.1 Å². The predicted octanol–water partition coefficient (Wildman–Crippen LogP) is 2.75. The van der Waals surface area contributed by atoms with Gasteiger partial charge in [-0.05, 0) is 56.3 Å². The number of benzene rings is 2. The van der Waals surface area contributed by atoms with Crippen molar-refractivity contribution in [2.75, 3.05) is 0 Å². The highest BCUT2D eigenvalue weighted by Gasteiger charge is 2.21. The van der Waals surface area contributed by atoms with Gasteiger partial charge in [0.15, 0.2) is 5.69 Å². The van der Waals surface area contributed by atoms with Crippen molar-refractivity contribution >= 4 is 15.9 Å². The van der Waals surface area contributed by atoms with Gasteiger partial charge in [-0.1, -0.05) is 17.7 Å². The predicted molar refractivity (Wildman–Crippen MR) is 94.1 cm³/mol. The number of amides is 1. The Labute approximate surface area is 150 Å². The van der Waals surface area contributed by atoms with Gasteiger partial charge in [0.25, 0.3) is 15.9 Å². The molecule has 0 fully saturated rings. The zero-order valence-electron chi connectivity index (χ0n) is 14.1. The Morgan fingerprint density at radius 2 is 1.65 bits per heavy atom. The summed E-state index contributed by atoms with van der Waals surface area (Å²) in [6, 6.07) is 13.2. The number of hydrogen-bond donors (Lipinski definition) is 1. The van der Waals surface area contributed by atoms with Crippen LogP contribution < -0.4 is 4.72 Å². The fraction of sp³-hybridized carbons (Fsp3) is 0.111. The number of sulfonamides is 1. The largest absolute Gasteiger partial charge is 0.285 e. The molecule has 134 valence electrons. The summed E-state index contributed by atoms with van der Waals surface area (Å²) in [5.74, 6) is -1.23. The molecule has 26 heavy (non-hydrogen) atoms. The summed E-state index contributed by atoms with van der Waals surface area (Å²) in [6.07, 6.45) is 0. The standard InChI is InChI=1S/C18H16FN3O3S/c1-12-3-9-16(10-4-12)26(24,25)21-18(23)17-11-13(2)22(20-17)15-7-5-14(19)6-8-15/h3-11H,1-2H3,(H,21,23). The Morgan fingerprint density at radius 3 is 2.27 bits per heavy atom. The molecule has 3 aromatic rings. The Bertz CT molecular complexity index is 1060. The van der Waals surface area contributed by atoms with E-state index in [1.54, 1.807) is 19.1 Å².